The monoisotopic (exact) mass is 389 g/mol. The van der Waals surface area contributed by atoms with Crippen molar-refractivity contribution in [2.24, 2.45) is 5.73 Å². The molecule has 0 aromatic heterocycles. The predicted molar refractivity (Wildman–Crippen MR) is 108 cm³/mol. The molecule has 0 fully saturated rings. The Morgan fingerprint density at radius 1 is 1.07 bits per heavy atom. The maximum Gasteiger partial charge on any atom is 0.264 e. The van der Waals surface area contributed by atoms with Gasteiger partial charge in [-0.2, -0.15) is 0 Å². The van der Waals surface area contributed by atoms with E-state index in [1.807, 2.05) is 19.9 Å². The van der Waals surface area contributed by atoms with Crippen LogP contribution in [-0.2, 0) is 14.8 Å². The van der Waals surface area contributed by atoms with Gasteiger partial charge >= 0.3 is 0 Å². The number of hydrogen-bond donors (Lipinski definition) is 1. The summed E-state index contributed by atoms with van der Waals surface area (Å²) in [4.78, 5) is 14.2. The maximum absolute atomic E-state index is 13.2. The number of nitrogens with zero attached hydrogens (tertiary/aromatic N) is 2. The number of anilines is 1. The van der Waals surface area contributed by atoms with E-state index in [1.165, 1.54) is 4.31 Å². The Balaban J connectivity index is 2.30. The number of aryl methyl sites for hydroxylation is 1. The lowest BCUT2D eigenvalue weighted by Crippen LogP contribution is -2.42. The number of para-hydroxylation sites is 1. The minimum atomic E-state index is -3.78. The van der Waals surface area contributed by atoms with E-state index in [4.69, 9.17) is 5.73 Å². The molecule has 1 amide bonds. The van der Waals surface area contributed by atoms with Gasteiger partial charge in [-0.1, -0.05) is 35.9 Å². The zero-order valence-electron chi connectivity index (χ0n) is 16.0. The molecule has 27 heavy (non-hydrogen) atoms. The molecule has 1 atom stereocenters. The summed E-state index contributed by atoms with van der Waals surface area (Å²) < 4.78 is 27.7. The van der Waals surface area contributed by atoms with Crippen LogP contribution in [0.3, 0.4) is 0 Å². The van der Waals surface area contributed by atoms with Crippen molar-refractivity contribution in [1.29, 1.82) is 0 Å². The van der Waals surface area contributed by atoms with Crippen molar-refractivity contribution < 1.29 is 13.2 Å². The summed E-state index contributed by atoms with van der Waals surface area (Å²) in [6.45, 7) is 4.17. The number of nitrogens with two attached hydrogens (primary N) is 1. The fourth-order valence-electron chi connectivity index (χ4n) is 2.60. The number of carbonyl (C=O) groups is 1. The van der Waals surface area contributed by atoms with Crippen molar-refractivity contribution in [1.82, 2.24) is 4.90 Å². The average molecular weight is 390 g/mol. The molecule has 6 nitrogen and oxygen atoms in total. The van der Waals surface area contributed by atoms with Crippen LogP contribution in [-0.4, -0.2) is 45.4 Å². The molecule has 0 saturated heterocycles. The molecule has 1 unspecified atom stereocenters. The van der Waals surface area contributed by atoms with Crippen LogP contribution in [0, 0.1) is 6.92 Å². The summed E-state index contributed by atoms with van der Waals surface area (Å²) in [5, 5.41) is 0. The zero-order chi connectivity index (χ0) is 20.0. The molecular formula is C20H27N3O3S. The second-order valence-electron chi connectivity index (χ2n) is 6.57. The first-order valence-corrected chi connectivity index (χ1v) is 10.3. The molecule has 0 bridgehead atoms. The highest BCUT2D eigenvalue weighted by atomic mass is 32.2. The Morgan fingerprint density at radius 2 is 1.67 bits per heavy atom. The molecule has 2 rings (SSSR count). The quantitative estimate of drug-likeness (QED) is 0.751. The van der Waals surface area contributed by atoms with E-state index in [-0.39, 0.29) is 29.8 Å². The Kier molecular flexibility index (Phi) is 6.98. The van der Waals surface area contributed by atoms with Gasteiger partial charge in [-0.25, -0.2) is 8.42 Å². The number of sulfonamides is 1. The van der Waals surface area contributed by atoms with E-state index in [9.17, 15) is 13.2 Å². The third-order valence-electron chi connectivity index (χ3n) is 4.58. The number of likely N-dealkylation sites (N-methyl/N-ethyl adjacent to an activating group) is 1. The van der Waals surface area contributed by atoms with Crippen molar-refractivity contribution in [2.75, 3.05) is 24.4 Å². The SMILES string of the molecule is Cc1ccc(S(=O)(=O)N(CCC(=O)N(C)C(C)CN)c2ccccc2)cc1. The number of amides is 1. The van der Waals surface area contributed by atoms with E-state index < -0.39 is 10.0 Å². The van der Waals surface area contributed by atoms with Gasteiger partial charge in [-0.15, -0.1) is 0 Å². The topological polar surface area (TPSA) is 83.7 Å². The summed E-state index contributed by atoms with van der Waals surface area (Å²) in [7, 11) is -2.10. The van der Waals surface area contributed by atoms with Gasteiger partial charge < -0.3 is 10.6 Å². The van der Waals surface area contributed by atoms with Crippen LogP contribution in [0.2, 0.25) is 0 Å². The van der Waals surface area contributed by atoms with Crippen molar-refractivity contribution in [3.05, 3.63) is 60.2 Å². The van der Waals surface area contributed by atoms with Crippen LogP contribution in [0.4, 0.5) is 5.69 Å². The average Bonchev–Trinajstić information content (AvgIpc) is 2.67. The number of benzene rings is 2. The highest BCUT2D eigenvalue weighted by Crippen LogP contribution is 2.24. The smallest absolute Gasteiger partial charge is 0.264 e. The van der Waals surface area contributed by atoms with Gasteiger partial charge in [0.2, 0.25) is 5.91 Å². The van der Waals surface area contributed by atoms with Crippen molar-refractivity contribution in [3.63, 3.8) is 0 Å². The lowest BCUT2D eigenvalue weighted by molar-refractivity contribution is -0.131. The fourth-order valence-corrected chi connectivity index (χ4v) is 4.06. The van der Waals surface area contributed by atoms with Gasteiger partial charge in [0.05, 0.1) is 10.6 Å². The molecule has 0 saturated carbocycles. The third-order valence-corrected chi connectivity index (χ3v) is 6.42. The minimum absolute atomic E-state index is 0.0562. The van der Waals surface area contributed by atoms with Crippen LogP contribution < -0.4 is 10.0 Å². The van der Waals surface area contributed by atoms with Crippen LogP contribution in [0.15, 0.2) is 59.5 Å². The van der Waals surface area contributed by atoms with Crippen LogP contribution in [0.5, 0.6) is 0 Å². The van der Waals surface area contributed by atoms with Gasteiger partial charge in [0.15, 0.2) is 0 Å². The molecule has 146 valence electrons. The molecule has 0 aliphatic rings. The van der Waals surface area contributed by atoms with E-state index >= 15 is 0 Å². The number of carbonyl (C=O) groups excluding carboxylic acids is 1. The second-order valence-corrected chi connectivity index (χ2v) is 8.43. The van der Waals surface area contributed by atoms with Crippen molar-refractivity contribution in [2.45, 2.75) is 31.2 Å². The molecule has 0 aliphatic heterocycles. The summed E-state index contributed by atoms with van der Waals surface area (Å²) >= 11 is 0. The van der Waals surface area contributed by atoms with E-state index in [0.29, 0.717) is 12.2 Å². The molecule has 0 spiro atoms. The molecular weight excluding hydrogens is 362 g/mol. The molecule has 2 aromatic carbocycles. The maximum atomic E-state index is 13.2. The van der Waals surface area contributed by atoms with E-state index in [2.05, 4.69) is 0 Å². The van der Waals surface area contributed by atoms with Crippen molar-refractivity contribution in [3.8, 4) is 0 Å². The molecule has 2 N–H and O–H groups in total. The van der Waals surface area contributed by atoms with Gasteiger partial charge in [0, 0.05) is 32.6 Å². The number of rotatable bonds is 8. The highest BCUT2D eigenvalue weighted by Gasteiger charge is 2.26. The first-order chi connectivity index (χ1) is 12.8. The van der Waals surface area contributed by atoms with Gasteiger partial charge in [-0.05, 0) is 38.1 Å². The lowest BCUT2D eigenvalue weighted by atomic mass is 10.2. The van der Waals surface area contributed by atoms with Crippen molar-refractivity contribution >= 4 is 21.6 Å². The van der Waals surface area contributed by atoms with Crippen LogP contribution >= 0.6 is 0 Å². The molecule has 0 heterocycles. The normalized spacial score (nSPS) is 12.4. The molecule has 0 aliphatic carbocycles. The second kappa shape index (κ2) is 9.01. The minimum Gasteiger partial charge on any atom is -0.342 e. The van der Waals surface area contributed by atoms with Gasteiger partial charge in [0.25, 0.3) is 10.0 Å². The fraction of sp³-hybridized carbons (Fsp3) is 0.350. The van der Waals surface area contributed by atoms with E-state index in [0.717, 1.165) is 5.56 Å². The first-order valence-electron chi connectivity index (χ1n) is 8.87. The highest BCUT2D eigenvalue weighted by molar-refractivity contribution is 7.92. The molecule has 7 heteroatoms. The lowest BCUT2D eigenvalue weighted by Gasteiger charge is -2.27. The van der Waals surface area contributed by atoms with Crippen LogP contribution in [0.25, 0.3) is 0 Å². The summed E-state index contributed by atoms with van der Waals surface area (Å²) in [5.41, 5.74) is 7.12. The predicted octanol–water partition coefficient (Wildman–Crippen LogP) is 2.39. The Hall–Kier alpha value is -2.38. The Labute approximate surface area is 161 Å². The standard InChI is InChI=1S/C20H27N3O3S/c1-16-9-11-19(12-10-16)27(25,26)23(18-7-5-4-6-8-18)14-13-20(24)22(3)17(2)15-21/h4-12,17H,13-15,21H2,1-3H3. The summed E-state index contributed by atoms with van der Waals surface area (Å²) in [6, 6.07) is 15.4. The zero-order valence-corrected chi connectivity index (χ0v) is 16.8. The molecule has 2 aromatic rings. The Morgan fingerprint density at radius 3 is 2.22 bits per heavy atom. The number of hydrogen-bond acceptors (Lipinski definition) is 4. The van der Waals surface area contributed by atoms with Gasteiger partial charge in [-0.3, -0.25) is 9.10 Å². The third kappa shape index (κ3) is 5.08. The van der Waals surface area contributed by atoms with Crippen LogP contribution in [0.1, 0.15) is 18.9 Å². The summed E-state index contributed by atoms with van der Waals surface area (Å²) in [5.74, 6) is -0.145. The summed E-state index contributed by atoms with van der Waals surface area (Å²) in [6.07, 6.45) is 0.0703. The first kappa shape index (κ1) is 20.9. The molecule has 0 radical (unpaired) electrons. The largest absolute Gasteiger partial charge is 0.342 e. The van der Waals surface area contributed by atoms with Gasteiger partial charge in [0.1, 0.15) is 0 Å². The van der Waals surface area contributed by atoms with E-state index in [1.54, 1.807) is 60.5 Å². The Bertz CT molecular complexity index is 852.